The Bertz CT molecular complexity index is 912. The molecule has 4 aromatic rings. The van der Waals surface area contributed by atoms with Gasteiger partial charge in [-0.3, -0.25) is 0 Å². The fraction of sp³-hybridized carbons (Fsp3) is 0. The lowest BCUT2D eigenvalue weighted by Crippen LogP contribution is -2.32. The van der Waals surface area contributed by atoms with Crippen molar-refractivity contribution in [2.45, 2.75) is 0 Å². The molecule has 3 heteroatoms. The number of para-hydroxylation sites is 1. The molecule has 0 spiro atoms. The molecule has 23 heavy (non-hydrogen) atoms. The van der Waals surface area contributed by atoms with Crippen LogP contribution in [0, 0.1) is 0 Å². The van der Waals surface area contributed by atoms with Gasteiger partial charge in [0.2, 0.25) is 0 Å². The van der Waals surface area contributed by atoms with Gasteiger partial charge in [0.25, 0.3) is 0 Å². The number of rotatable bonds is 3. The van der Waals surface area contributed by atoms with Crippen LogP contribution in [0.5, 0.6) is 0 Å². The van der Waals surface area contributed by atoms with Crippen LogP contribution in [-0.2, 0) is 0 Å². The predicted molar refractivity (Wildman–Crippen MR) is 90.5 cm³/mol. The third kappa shape index (κ3) is 2.77. The molecule has 0 radical (unpaired) electrons. The number of nitrogens with zero attached hydrogens (tertiary/aromatic N) is 3. The Morgan fingerprint density at radius 1 is 0.696 bits per heavy atom. The lowest BCUT2D eigenvalue weighted by Gasteiger charge is -2.02. The van der Waals surface area contributed by atoms with Crippen LogP contribution >= 0.6 is 0 Å². The first kappa shape index (κ1) is 13.5. The molecule has 3 nitrogen and oxygen atoms in total. The van der Waals surface area contributed by atoms with Crippen molar-refractivity contribution in [1.82, 2.24) is 9.90 Å². The van der Waals surface area contributed by atoms with E-state index < -0.39 is 0 Å². The Balaban J connectivity index is 1.71. The standard InChI is InChI=1S/C20H16N3/c1-3-8-17(9-4-1)18-10-7-13-20(16-18)23-15-14-22(21-23)19-11-5-2-6-12-19/h1-16H/q+1. The van der Waals surface area contributed by atoms with Crippen LogP contribution in [0.15, 0.2) is 97.3 Å². The topological polar surface area (TPSA) is 21.7 Å². The third-order valence-electron chi connectivity index (χ3n) is 3.78. The molecule has 0 saturated heterocycles. The molecule has 0 aliphatic carbocycles. The van der Waals surface area contributed by atoms with Crippen molar-refractivity contribution in [2.24, 2.45) is 0 Å². The van der Waals surface area contributed by atoms with Crippen LogP contribution in [0.3, 0.4) is 0 Å². The van der Waals surface area contributed by atoms with Crippen LogP contribution in [0.25, 0.3) is 22.5 Å². The first-order valence-corrected chi connectivity index (χ1v) is 7.59. The molecule has 4 rings (SSSR count). The summed E-state index contributed by atoms with van der Waals surface area (Å²) in [5.74, 6) is 0. The molecule has 3 aromatic carbocycles. The van der Waals surface area contributed by atoms with E-state index in [0.29, 0.717) is 0 Å². The highest BCUT2D eigenvalue weighted by Crippen LogP contribution is 2.21. The van der Waals surface area contributed by atoms with Crippen molar-refractivity contribution in [3.8, 4) is 22.5 Å². The number of hydrogen-bond acceptors (Lipinski definition) is 1. The molecular formula is C20H16N3+. The summed E-state index contributed by atoms with van der Waals surface area (Å²) < 4.78 is 3.76. The molecule has 0 fully saturated rings. The van der Waals surface area contributed by atoms with Gasteiger partial charge in [-0.15, -0.1) is 9.36 Å². The van der Waals surface area contributed by atoms with Gasteiger partial charge in [0.1, 0.15) is 5.21 Å². The van der Waals surface area contributed by atoms with Crippen LogP contribution < -0.4 is 4.68 Å². The van der Waals surface area contributed by atoms with Gasteiger partial charge in [0.15, 0.2) is 23.8 Å². The summed E-state index contributed by atoms with van der Waals surface area (Å²) in [6.45, 7) is 0. The van der Waals surface area contributed by atoms with E-state index >= 15 is 0 Å². The van der Waals surface area contributed by atoms with Crippen molar-refractivity contribution in [1.29, 1.82) is 0 Å². The number of aromatic nitrogens is 3. The molecule has 1 heterocycles. The summed E-state index contributed by atoms with van der Waals surface area (Å²) in [7, 11) is 0. The minimum Gasteiger partial charge on any atom is -0.102 e. The van der Waals surface area contributed by atoms with Crippen LogP contribution in [0.4, 0.5) is 0 Å². The highest BCUT2D eigenvalue weighted by Gasteiger charge is 2.11. The van der Waals surface area contributed by atoms with E-state index in [0.717, 1.165) is 11.4 Å². The van der Waals surface area contributed by atoms with Gasteiger partial charge in [-0.2, -0.15) is 0 Å². The highest BCUT2D eigenvalue weighted by atomic mass is 15.5. The van der Waals surface area contributed by atoms with Crippen molar-refractivity contribution in [2.75, 3.05) is 0 Å². The zero-order valence-electron chi connectivity index (χ0n) is 12.6. The summed E-state index contributed by atoms with van der Waals surface area (Å²) in [5, 5.41) is 4.62. The summed E-state index contributed by atoms with van der Waals surface area (Å²) >= 11 is 0. The minimum absolute atomic E-state index is 1.04. The van der Waals surface area contributed by atoms with Gasteiger partial charge in [0, 0.05) is 0 Å². The van der Waals surface area contributed by atoms with Crippen molar-refractivity contribution < 1.29 is 4.68 Å². The molecule has 1 aromatic heterocycles. The van der Waals surface area contributed by atoms with E-state index in [2.05, 4.69) is 53.7 Å². The van der Waals surface area contributed by atoms with Gasteiger partial charge in [0.05, 0.1) is 0 Å². The van der Waals surface area contributed by atoms with E-state index in [9.17, 15) is 0 Å². The predicted octanol–water partition coefficient (Wildman–Crippen LogP) is 3.82. The molecule has 0 amide bonds. The van der Waals surface area contributed by atoms with E-state index in [4.69, 9.17) is 0 Å². The maximum Gasteiger partial charge on any atom is 0.162 e. The Labute approximate surface area is 135 Å². The van der Waals surface area contributed by atoms with Crippen LogP contribution in [0.2, 0.25) is 0 Å². The molecule has 0 atom stereocenters. The second kappa shape index (κ2) is 5.89. The average Bonchev–Trinajstić information content (AvgIpc) is 3.14. The fourth-order valence-corrected chi connectivity index (χ4v) is 2.60. The van der Waals surface area contributed by atoms with Crippen LogP contribution in [-0.4, -0.2) is 9.90 Å². The first-order valence-electron chi connectivity index (χ1n) is 7.59. The average molecular weight is 298 g/mol. The van der Waals surface area contributed by atoms with Gasteiger partial charge < -0.3 is 0 Å². The van der Waals surface area contributed by atoms with E-state index in [-0.39, 0.29) is 0 Å². The second-order valence-electron chi connectivity index (χ2n) is 5.33. The highest BCUT2D eigenvalue weighted by molar-refractivity contribution is 5.65. The third-order valence-corrected chi connectivity index (χ3v) is 3.78. The van der Waals surface area contributed by atoms with Crippen molar-refractivity contribution in [3.63, 3.8) is 0 Å². The quantitative estimate of drug-likeness (QED) is 0.527. The SMILES string of the molecule is c1ccc(-c2cccc(-n3cc[n+](-c4ccccc4)n3)c2)cc1. The Hall–Kier alpha value is -3.20. The zero-order chi connectivity index (χ0) is 15.5. The Kier molecular flexibility index (Phi) is 3.45. The summed E-state index contributed by atoms with van der Waals surface area (Å²) in [4.78, 5) is 0. The maximum atomic E-state index is 4.62. The monoisotopic (exact) mass is 298 g/mol. The van der Waals surface area contributed by atoms with Crippen molar-refractivity contribution in [3.05, 3.63) is 97.3 Å². The Morgan fingerprint density at radius 3 is 2.17 bits per heavy atom. The van der Waals surface area contributed by atoms with E-state index in [1.165, 1.54) is 11.1 Å². The van der Waals surface area contributed by atoms with Gasteiger partial charge in [-0.25, -0.2) is 0 Å². The lowest BCUT2D eigenvalue weighted by atomic mass is 10.1. The largest absolute Gasteiger partial charge is 0.162 e. The minimum atomic E-state index is 1.04. The molecular weight excluding hydrogens is 282 g/mol. The van der Waals surface area contributed by atoms with Gasteiger partial charge in [-0.1, -0.05) is 60.7 Å². The number of hydrogen-bond donors (Lipinski definition) is 0. The smallest absolute Gasteiger partial charge is 0.102 e. The Morgan fingerprint density at radius 2 is 1.39 bits per heavy atom. The van der Waals surface area contributed by atoms with Gasteiger partial charge >= 0.3 is 0 Å². The molecule has 0 aliphatic heterocycles. The summed E-state index contributed by atoms with van der Waals surface area (Å²) in [6.07, 6.45) is 3.93. The maximum absolute atomic E-state index is 4.62. The zero-order valence-corrected chi connectivity index (χ0v) is 12.6. The molecule has 0 aliphatic rings. The normalized spacial score (nSPS) is 10.6. The van der Waals surface area contributed by atoms with Crippen LogP contribution in [0.1, 0.15) is 0 Å². The molecule has 0 N–H and O–H groups in total. The fourth-order valence-electron chi connectivity index (χ4n) is 2.60. The molecule has 0 bridgehead atoms. The lowest BCUT2D eigenvalue weighted by molar-refractivity contribution is -0.660. The van der Waals surface area contributed by atoms with E-state index in [1.807, 2.05) is 58.2 Å². The second-order valence-corrected chi connectivity index (χ2v) is 5.33. The molecule has 0 saturated carbocycles. The summed E-state index contributed by atoms with van der Waals surface area (Å²) in [5.41, 5.74) is 4.48. The summed E-state index contributed by atoms with van der Waals surface area (Å²) in [6, 6.07) is 28.9. The molecule has 0 unspecified atom stereocenters. The van der Waals surface area contributed by atoms with Gasteiger partial charge in [-0.05, 0) is 35.4 Å². The number of benzene rings is 3. The molecule has 110 valence electrons. The first-order chi connectivity index (χ1) is 11.4. The van der Waals surface area contributed by atoms with Crippen molar-refractivity contribution >= 4 is 0 Å². The van der Waals surface area contributed by atoms with E-state index in [1.54, 1.807) is 0 Å².